The quantitative estimate of drug-likeness (QED) is 0.818. The zero-order valence-corrected chi connectivity index (χ0v) is 11.5. The molecule has 0 bridgehead atoms. The number of alkyl halides is 3. The van der Waals surface area contributed by atoms with E-state index in [2.05, 4.69) is 4.98 Å². The van der Waals surface area contributed by atoms with Gasteiger partial charge in [0.05, 0.1) is 5.92 Å². The van der Waals surface area contributed by atoms with Crippen molar-refractivity contribution in [2.75, 3.05) is 6.54 Å². The van der Waals surface area contributed by atoms with Crippen molar-refractivity contribution < 1.29 is 13.2 Å². The SMILES string of the molecule is Cc1ncccc1CN1CC[C@@H](C(F)(F)F)C1(C)C. The van der Waals surface area contributed by atoms with E-state index in [9.17, 15) is 13.2 Å². The second-order valence-electron chi connectivity index (χ2n) is 5.71. The Hall–Kier alpha value is -1.10. The van der Waals surface area contributed by atoms with Crippen LogP contribution in [0.2, 0.25) is 0 Å². The summed E-state index contributed by atoms with van der Waals surface area (Å²) in [4.78, 5) is 6.10. The van der Waals surface area contributed by atoms with Gasteiger partial charge >= 0.3 is 6.18 Å². The van der Waals surface area contributed by atoms with Crippen LogP contribution >= 0.6 is 0 Å². The maximum Gasteiger partial charge on any atom is 0.393 e. The summed E-state index contributed by atoms with van der Waals surface area (Å²) in [6, 6.07) is 3.76. The molecule has 106 valence electrons. The Morgan fingerprint density at radius 3 is 2.63 bits per heavy atom. The van der Waals surface area contributed by atoms with Crippen LogP contribution in [0.5, 0.6) is 0 Å². The number of pyridine rings is 1. The minimum Gasteiger partial charge on any atom is -0.293 e. The van der Waals surface area contributed by atoms with E-state index >= 15 is 0 Å². The molecule has 1 aliphatic heterocycles. The van der Waals surface area contributed by atoms with E-state index in [1.165, 1.54) is 0 Å². The molecule has 1 aromatic rings. The molecule has 1 fully saturated rings. The Labute approximate surface area is 111 Å². The molecule has 0 aliphatic carbocycles. The summed E-state index contributed by atoms with van der Waals surface area (Å²) in [5.41, 5.74) is 1.02. The van der Waals surface area contributed by atoms with Crippen molar-refractivity contribution in [1.82, 2.24) is 9.88 Å². The lowest BCUT2D eigenvalue weighted by Crippen LogP contribution is -2.46. The predicted molar refractivity (Wildman–Crippen MR) is 67.6 cm³/mol. The molecule has 0 N–H and O–H groups in total. The van der Waals surface area contributed by atoms with E-state index in [1.807, 2.05) is 24.0 Å². The minimum atomic E-state index is -4.12. The van der Waals surface area contributed by atoms with Gasteiger partial charge in [-0.15, -0.1) is 0 Å². The second-order valence-corrected chi connectivity index (χ2v) is 5.71. The summed E-state index contributed by atoms with van der Waals surface area (Å²) in [5, 5.41) is 0. The summed E-state index contributed by atoms with van der Waals surface area (Å²) >= 11 is 0. The van der Waals surface area contributed by atoms with E-state index in [1.54, 1.807) is 20.0 Å². The van der Waals surface area contributed by atoms with E-state index < -0.39 is 17.6 Å². The van der Waals surface area contributed by atoms with Crippen molar-refractivity contribution in [3.05, 3.63) is 29.6 Å². The largest absolute Gasteiger partial charge is 0.393 e. The third-order valence-corrected chi connectivity index (χ3v) is 4.23. The van der Waals surface area contributed by atoms with Crippen LogP contribution in [0.15, 0.2) is 18.3 Å². The van der Waals surface area contributed by atoms with Crippen LogP contribution < -0.4 is 0 Å². The van der Waals surface area contributed by atoms with Crippen molar-refractivity contribution in [3.8, 4) is 0 Å². The third-order valence-electron chi connectivity index (χ3n) is 4.23. The van der Waals surface area contributed by atoms with E-state index in [0.29, 0.717) is 13.1 Å². The summed E-state index contributed by atoms with van der Waals surface area (Å²) in [6.45, 7) is 6.26. The molecule has 1 atom stereocenters. The first-order valence-corrected chi connectivity index (χ1v) is 6.45. The standard InChI is InChI=1S/C14H19F3N2/c1-10-11(5-4-7-18-10)9-19-8-6-12(13(19,2)3)14(15,16)17/h4-5,7,12H,6,8-9H2,1-3H3/t12-/m1/s1. The molecule has 2 nitrogen and oxygen atoms in total. The molecule has 2 heterocycles. The highest BCUT2D eigenvalue weighted by Crippen LogP contribution is 2.45. The fraction of sp³-hybridized carbons (Fsp3) is 0.643. The first kappa shape index (κ1) is 14.3. The van der Waals surface area contributed by atoms with Gasteiger partial charge in [0.25, 0.3) is 0 Å². The topological polar surface area (TPSA) is 16.1 Å². The van der Waals surface area contributed by atoms with Crippen molar-refractivity contribution >= 4 is 0 Å². The Bertz CT molecular complexity index is 454. The Morgan fingerprint density at radius 1 is 1.42 bits per heavy atom. The van der Waals surface area contributed by atoms with Gasteiger partial charge in [-0.05, 0) is 45.4 Å². The molecular weight excluding hydrogens is 253 g/mol. The van der Waals surface area contributed by atoms with Crippen LogP contribution in [-0.2, 0) is 6.54 Å². The summed E-state index contributed by atoms with van der Waals surface area (Å²) in [6.07, 6.45) is -2.25. The van der Waals surface area contributed by atoms with Gasteiger partial charge in [-0.25, -0.2) is 0 Å². The van der Waals surface area contributed by atoms with E-state index in [0.717, 1.165) is 11.3 Å². The fourth-order valence-corrected chi connectivity index (χ4v) is 2.88. The van der Waals surface area contributed by atoms with Crippen molar-refractivity contribution in [2.45, 2.75) is 45.5 Å². The zero-order chi connectivity index (χ0) is 14.3. The Kier molecular flexibility index (Phi) is 3.60. The summed E-state index contributed by atoms with van der Waals surface area (Å²) < 4.78 is 39.0. The van der Waals surface area contributed by atoms with Crippen LogP contribution in [0.4, 0.5) is 13.2 Å². The first-order chi connectivity index (χ1) is 8.73. The monoisotopic (exact) mass is 272 g/mol. The van der Waals surface area contributed by atoms with Crippen LogP contribution in [0.25, 0.3) is 0 Å². The molecule has 0 saturated carbocycles. The van der Waals surface area contributed by atoms with E-state index in [-0.39, 0.29) is 6.42 Å². The zero-order valence-electron chi connectivity index (χ0n) is 11.5. The Balaban J connectivity index is 2.18. The normalized spacial score (nSPS) is 23.8. The number of hydrogen-bond acceptors (Lipinski definition) is 2. The fourth-order valence-electron chi connectivity index (χ4n) is 2.88. The van der Waals surface area contributed by atoms with E-state index in [4.69, 9.17) is 0 Å². The number of aryl methyl sites for hydroxylation is 1. The molecular formula is C14H19F3N2. The number of hydrogen-bond donors (Lipinski definition) is 0. The van der Waals surface area contributed by atoms with Gasteiger partial charge in [0.1, 0.15) is 0 Å². The molecule has 0 amide bonds. The molecule has 19 heavy (non-hydrogen) atoms. The molecule has 1 aromatic heterocycles. The smallest absolute Gasteiger partial charge is 0.293 e. The molecule has 0 aromatic carbocycles. The molecule has 0 unspecified atom stereocenters. The minimum absolute atomic E-state index is 0.176. The second kappa shape index (κ2) is 4.78. The number of aromatic nitrogens is 1. The lowest BCUT2D eigenvalue weighted by Gasteiger charge is -2.37. The van der Waals surface area contributed by atoms with Crippen LogP contribution in [0, 0.1) is 12.8 Å². The highest BCUT2D eigenvalue weighted by atomic mass is 19.4. The van der Waals surface area contributed by atoms with Gasteiger partial charge in [0.2, 0.25) is 0 Å². The third kappa shape index (κ3) is 2.76. The van der Waals surface area contributed by atoms with Gasteiger partial charge < -0.3 is 0 Å². The maximum atomic E-state index is 13.0. The van der Waals surface area contributed by atoms with Crippen LogP contribution in [-0.4, -0.2) is 28.1 Å². The Morgan fingerprint density at radius 2 is 2.11 bits per heavy atom. The number of rotatable bonds is 2. The maximum absolute atomic E-state index is 13.0. The van der Waals surface area contributed by atoms with Crippen LogP contribution in [0.3, 0.4) is 0 Å². The molecule has 0 radical (unpaired) electrons. The summed E-state index contributed by atoms with van der Waals surface area (Å²) in [5.74, 6) is -1.25. The van der Waals surface area contributed by atoms with Crippen molar-refractivity contribution in [2.24, 2.45) is 5.92 Å². The highest BCUT2D eigenvalue weighted by molar-refractivity contribution is 5.19. The summed E-state index contributed by atoms with van der Waals surface area (Å²) in [7, 11) is 0. The average molecular weight is 272 g/mol. The molecule has 1 saturated heterocycles. The van der Waals surface area contributed by atoms with Gasteiger partial charge in [-0.2, -0.15) is 13.2 Å². The van der Waals surface area contributed by atoms with Gasteiger partial charge in [0.15, 0.2) is 0 Å². The van der Waals surface area contributed by atoms with Crippen LogP contribution in [0.1, 0.15) is 31.5 Å². The number of halogens is 3. The lowest BCUT2D eigenvalue weighted by atomic mass is 9.87. The van der Waals surface area contributed by atoms with Gasteiger partial charge in [-0.1, -0.05) is 6.07 Å². The molecule has 0 spiro atoms. The molecule has 1 aliphatic rings. The number of nitrogens with zero attached hydrogens (tertiary/aromatic N) is 2. The molecule has 2 rings (SSSR count). The molecule has 5 heteroatoms. The number of likely N-dealkylation sites (tertiary alicyclic amines) is 1. The van der Waals surface area contributed by atoms with Gasteiger partial charge in [-0.3, -0.25) is 9.88 Å². The van der Waals surface area contributed by atoms with Crippen molar-refractivity contribution in [3.63, 3.8) is 0 Å². The van der Waals surface area contributed by atoms with Gasteiger partial charge in [0, 0.05) is 24.0 Å². The van der Waals surface area contributed by atoms with Crippen molar-refractivity contribution in [1.29, 1.82) is 0 Å². The predicted octanol–water partition coefficient (Wildman–Crippen LogP) is 3.55. The average Bonchev–Trinajstić information content (AvgIpc) is 2.57. The first-order valence-electron chi connectivity index (χ1n) is 6.45. The highest BCUT2D eigenvalue weighted by Gasteiger charge is 2.54. The lowest BCUT2D eigenvalue weighted by molar-refractivity contribution is -0.191.